The number of aliphatic imine (C=N–C) groups is 1. The van der Waals surface area contributed by atoms with Gasteiger partial charge in [-0.3, -0.25) is 14.4 Å². The Morgan fingerprint density at radius 3 is 2.64 bits per heavy atom. The highest BCUT2D eigenvalue weighted by Crippen LogP contribution is 2.35. The standard InChI is InChI=1S/C22H21N3O3/c1-15(24-14-18(27)8-5-11-26)21-19-10-9-16(13-23)12-20(19)25(22(21)28)17-6-3-2-4-7-17/h2-4,6-7,9-10,12,26,28H,5,8,11,14H2,1H3. The molecule has 0 fully saturated rings. The lowest BCUT2D eigenvalue weighted by atomic mass is 10.1. The number of benzene rings is 2. The molecule has 0 saturated heterocycles. The minimum absolute atomic E-state index is 0.000434. The Morgan fingerprint density at radius 2 is 1.96 bits per heavy atom. The number of aliphatic hydroxyl groups excluding tert-OH is 1. The van der Waals surface area contributed by atoms with Crippen molar-refractivity contribution in [3.63, 3.8) is 0 Å². The Hall–Kier alpha value is -3.43. The van der Waals surface area contributed by atoms with Gasteiger partial charge in [0.2, 0.25) is 5.88 Å². The molecule has 2 N–H and O–H groups in total. The number of nitrogens with zero attached hydrogens (tertiary/aromatic N) is 3. The normalized spacial score (nSPS) is 11.5. The second-order valence-electron chi connectivity index (χ2n) is 6.48. The van der Waals surface area contributed by atoms with Crippen molar-refractivity contribution in [2.24, 2.45) is 4.99 Å². The van der Waals surface area contributed by atoms with Crippen LogP contribution in [0.25, 0.3) is 16.6 Å². The Morgan fingerprint density at radius 1 is 1.21 bits per heavy atom. The van der Waals surface area contributed by atoms with Gasteiger partial charge in [0.15, 0.2) is 5.78 Å². The van der Waals surface area contributed by atoms with E-state index >= 15 is 0 Å². The lowest BCUT2D eigenvalue weighted by molar-refractivity contribution is -0.117. The highest BCUT2D eigenvalue weighted by atomic mass is 16.3. The molecule has 3 rings (SSSR count). The van der Waals surface area contributed by atoms with Crippen LogP contribution in [0.4, 0.5) is 0 Å². The number of para-hydroxylation sites is 1. The molecule has 28 heavy (non-hydrogen) atoms. The molecule has 0 saturated carbocycles. The van der Waals surface area contributed by atoms with Crippen LogP contribution in [-0.4, -0.2) is 39.4 Å². The third-order valence-electron chi connectivity index (χ3n) is 4.55. The van der Waals surface area contributed by atoms with Gasteiger partial charge in [0.05, 0.1) is 29.3 Å². The van der Waals surface area contributed by atoms with Crippen LogP contribution in [0.1, 0.15) is 30.9 Å². The van der Waals surface area contributed by atoms with Crippen LogP contribution in [0.3, 0.4) is 0 Å². The number of aliphatic hydroxyl groups is 1. The summed E-state index contributed by atoms with van der Waals surface area (Å²) < 4.78 is 1.68. The van der Waals surface area contributed by atoms with Crippen molar-refractivity contribution in [2.45, 2.75) is 19.8 Å². The quantitative estimate of drug-likeness (QED) is 0.619. The number of aromatic nitrogens is 1. The third-order valence-corrected chi connectivity index (χ3v) is 4.55. The highest BCUT2D eigenvalue weighted by Gasteiger charge is 2.20. The maximum absolute atomic E-state index is 11.9. The Bertz CT molecular complexity index is 1080. The molecule has 0 spiro atoms. The maximum atomic E-state index is 11.9. The molecule has 6 nitrogen and oxygen atoms in total. The SMILES string of the molecule is CC(=NCC(=O)CCCO)c1c(O)n(-c2ccccc2)c2cc(C#N)ccc12. The Labute approximate surface area is 163 Å². The number of aromatic hydroxyl groups is 1. The molecule has 1 aromatic heterocycles. The number of Topliss-reactive ketones (excluding diaryl/α,β-unsaturated/α-hetero) is 1. The van der Waals surface area contributed by atoms with Crippen LogP contribution in [0, 0.1) is 11.3 Å². The zero-order valence-corrected chi connectivity index (χ0v) is 15.6. The number of fused-ring (bicyclic) bond motifs is 1. The van der Waals surface area contributed by atoms with Crippen molar-refractivity contribution in [2.75, 3.05) is 13.2 Å². The fraction of sp³-hybridized carbons (Fsp3) is 0.227. The maximum Gasteiger partial charge on any atom is 0.206 e. The van der Waals surface area contributed by atoms with Crippen molar-refractivity contribution in [1.82, 2.24) is 4.57 Å². The molecule has 0 bridgehead atoms. The Balaban J connectivity index is 2.12. The summed E-state index contributed by atoms with van der Waals surface area (Å²) in [7, 11) is 0. The monoisotopic (exact) mass is 375 g/mol. The lowest BCUT2D eigenvalue weighted by Crippen LogP contribution is -2.06. The summed E-state index contributed by atoms with van der Waals surface area (Å²) in [5, 5.41) is 29.8. The first-order valence-electron chi connectivity index (χ1n) is 9.03. The number of nitriles is 1. The van der Waals surface area contributed by atoms with Gasteiger partial charge in [0.1, 0.15) is 0 Å². The summed E-state index contributed by atoms with van der Waals surface area (Å²) in [6.45, 7) is 1.72. The van der Waals surface area contributed by atoms with Crippen molar-refractivity contribution < 1.29 is 15.0 Å². The van der Waals surface area contributed by atoms with Crippen molar-refractivity contribution in [1.29, 1.82) is 5.26 Å². The van der Waals surface area contributed by atoms with Crippen molar-refractivity contribution in [3.8, 4) is 17.6 Å². The Kier molecular flexibility index (Phi) is 5.87. The molecule has 0 aliphatic heterocycles. The summed E-state index contributed by atoms with van der Waals surface area (Å²) in [4.78, 5) is 16.2. The zero-order valence-electron chi connectivity index (χ0n) is 15.6. The van der Waals surface area contributed by atoms with Gasteiger partial charge in [-0.1, -0.05) is 24.3 Å². The zero-order chi connectivity index (χ0) is 20.1. The van der Waals surface area contributed by atoms with Gasteiger partial charge in [-0.2, -0.15) is 5.26 Å². The molecule has 6 heteroatoms. The smallest absolute Gasteiger partial charge is 0.206 e. The van der Waals surface area contributed by atoms with Gasteiger partial charge < -0.3 is 10.2 Å². The van der Waals surface area contributed by atoms with Crippen LogP contribution in [0.5, 0.6) is 5.88 Å². The van der Waals surface area contributed by atoms with Gasteiger partial charge in [-0.25, -0.2) is 0 Å². The van der Waals surface area contributed by atoms with Crippen LogP contribution >= 0.6 is 0 Å². The van der Waals surface area contributed by atoms with E-state index in [1.165, 1.54) is 0 Å². The minimum Gasteiger partial charge on any atom is -0.494 e. The van der Waals surface area contributed by atoms with E-state index in [9.17, 15) is 15.2 Å². The molecule has 0 aliphatic rings. The van der Waals surface area contributed by atoms with Crippen molar-refractivity contribution in [3.05, 3.63) is 59.7 Å². The molecule has 1 heterocycles. The first-order valence-corrected chi connectivity index (χ1v) is 9.03. The third kappa shape index (κ3) is 3.80. The molecule has 142 valence electrons. The lowest BCUT2D eigenvalue weighted by Gasteiger charge is -2.07. The predicted octanol–water partition coefficient (Wildman–Crippen LogP) is 3.36. The number of hydrogen-bond donors (Lipinski definition) is 2. The number of carbonyl (C=O) groups is 1. The van der Waals surface area contributed by atoms with Gasteiger partial charge >= 0.3 is 0 Å². The van der Waals surface area contributed by atoms with Crippen LogP contribution in [0.2, 0.25) is 0 Å². The molecule has 0 aliphatic carbocycles. The number of ketones is 1. The first-order chi connectivity index (χ1) is 13.6. The van der Waals surface area contributed by atoms with E-state index in [-0.39, 0.29) is 31.2 Å². The summed E-state index contributed by atoms with van der Waals surface area (Å²) in [5.74, 6) is -0.0493. The molecule has 0 radical (unpaired) electrons. The van der Waals surface area contributed by atoms with E-state index in [1.54, 1.807) is 29.7 Å². The molecular weight excluding hydrogens is 354 g/mol. The van der Waals surface area contributed by atoms with E-state index in [1.807, 2.05) is 30.3 Å². The van der Waals surface area contributed by atoms with E-state index in [0.717, 1.165) is 11.1 Å². The number of carbonyl (C=O) groups excluding carboxylic acids is 1. The number of hydrogen-bond acceptors (Lipinski definition) is 5. The highest BCUT2D eigenvalue weighted by molar-refractivity contribution is 6.13. The molecule has 0 unspecified atom stereocenters. The topological polar surface area (TPSA) is 98.6 Å². The van der Waals surface area contributed by atoms with Gasteiger partial charge in [0.25, 0.3) is 0 Å². The van der Waals surface area contributed by atoms with Crippen LogP contribution < -0.4 is 0 Å². The fourth-order valence-electron chi connectivity index (χ4n) is 3.18. The van der Waals surface area contributed by atoms with E-state index in [4.69, 9.17) is 5.11 Å². The van der Waals surface area contributed by atoms with E-state index < -0.39 is 0 Å². The molecule has 3 aromatic rings. The minimum atomic E-state index is -0.0635. The molecule has 0 amide bonds. The van der Waals surface area contributed by atoms with Gasteiger partial charge in [-0.15, -0.1) is 0 Å². The van der Waals surface area contributed by atoms with E-state index in [2.05, 4.69) is 11.1 Å². The summed E-state index contributed by atoms with van der Waals surface area (Å²) >= 11 is 0. The average molecular weight is 375 g/mol. The van der Waals surface area contributed by atoms with Gasteiger partial charge in [0, 0.05) is 29.8 Å². The predicted molar refractivity (Wildman–Crippen MR) is 108 cm³/mol. The van der Waals surface area contributed by atoms with Crippen LogP contribution in [-0.2, 0) is 4.79 Å². The molecule has 0 atom stereocenters. The fourth-order valence-corrected chi connectivity index (χ4v) is 3.18. The van der Waals surface area contributed by atoms with E-state index in [0.29, 0.717) is 28.8 Å². The first kappa shape index (κ1) is 19.3. The summed E-state index contributed by atoms with van der Waals surface area (Å²) in [6, 6.07) is 16.7. The summed E-state index contributed by atoms with van der Waals surface area (Å²) in [6.07, 6.45) is 0.694. The molecular formula is C22H21N3O3. The van der Waals surface area contributed by atoms with Crippen LogP contribution in [0.15, 0.2) is 53.5 Å². The largest absolute Gasteiger partial charge is 0.494 e. The average Bonchev–Trinajstić information content (AvgIpc) is 3.01. The second-order valence-corrected chi connectivity index (χ2v) is 6.48. The summed E-state index contributed by atoms with van der Waals surface area (Å²) in [5.41, 5.74) is 3.03. The number of rotatable bonds is 7. The molecule has 2 aromatic carbocycles. The van der Waals surface area contributed by atoms with Gasteiger partial charge in [-0.05, 0) is 37.6 Å². The van der Waals surface area contributed by atoms with Crippen molar-refractivity contribution >= 4 is 22.4 Å². The second kappa shape index (κ2) is 8.51.